The van der Waals surface area contributed by atoms with Crippen LogP contribution in [0.5, 0.6) is 0 Å². The number of benzene rings is 2. The number of hydrogen-bond donors (Lipinski definition) is 2. The van der Waals surface area contributed by atoms with Gasteiger partial charge in [0.05, 0.1) is 16.8 Å². The second-order valence-electron chi connectivity index (χ2n) is 6.17. The molecule has 0 saturated carbocycles. The highest BCUT2D eigenvalue weighted by Gasteiger charge is 2.08. The molecule has 0 spiro atoms. The maximum Gasteiger partial charge on any atom is 0.257 e. The van der Waals surface area contributed by atoms with Gasteiger partial charge in [0.2, 0.25) is 0 Å². The molecular weight excluding hydrogens is 352 g/mol. The number of pyridine rings is 1. The Morgan fingerprint density at radius 1 is 1.07 bits per heavy atom. The Labute approximate surface area is 162 Å². The number of nitrogens with one attached hydrogen (secondary N) is 2. The van der Waals surface area contributed by atoms with Crippen molar-refractivity contribution < 1.29 is 9.59 Å². The number of ketones is 1. The van der Waals surface area contributed by atoms with Crippen molar-refractivity contribution in [3.05, 3.63) is 89.2 Å². The fourth-order valence-corrected chi connectivity index (χ4v) is 2.61. The second kappa shape index (κ2) is 8.60. The molecule has 0 unspecified atom stereocenters. The number of nitrogens with zero attached hydrogens (tertiary/aromatic N) is 2. The third kappa shape index (κ3) is 4.59. The van der Waals surface area contributed by atoms with Crippen LogP contribution < -0.4 is 10.6 Å². The number of anilines is 2. The van der Waals surface area contributed by atoms with E-state index in [4.69, 9.17) is 0 Å². The van der Waals surface area contributed by atoms with E-state index in [2.05, 4.69) is 21.7 Å². The van der Waals surface area contributed by atoms with Crippen molar-refractivity contribution in [1.29, 1.82) is 5.26 Å². The van der Waals surface area contributed by atoms with E-state index in [1.807, 2.05) is 24.3 Å². The highest BCUT2D eigenvalue weighted by molar-refractivity contribution is 6.04. The molecule has 3 aromatic rings. The summed E-state index contributed by atoms with van der Waals surface area (Å²) in [5, 5.41) is 15.2. The van der Waals surface area contributed by atoms with Gasteiger partial charge in [0.15, 0.2) is 5.78 Å². The fraction of sp³-hybridized carbons (Fsp3) is 0.0909. The number of Topliss-reactive ketones (excluding diaryl/α,β-unsaturated/α-hetero) is 1. The Bertz CT molecular complexity index is 1040. The van der Waals surface area contributed by atoms with E-state index >= 15 is 0 Å². The molecule has 2 aromatic carbocycles. The third-order valence-corrected chi connectivity index (χ3v) is 4.17. The molecule has 0 bridgehead atoms. The van der Waals surface area contributed by atoms with Crippen molar-refractivity contribution in [3.8, 4) is 6.07 Å². The van der Waals surface area contributed by atoms with E-state index in [1.54, 1.807) is 36.5 Å². The normalized spacial score (nSPS) is 10.0. The van der Waals surface area contributed by atoms with Crippen LogP contribution in [0.2, 0.25) is 0 Å². The summed E-state index contributed by atoms with van der Waals surface area (Å²) in [4.78, 5) is 27.6. The molecule has 28 heavy (non-hydrogen) atoms. The van der Waals surface area contributed by atoms with Gasteiger partial charge in [-0.25, -0.2) is 0 Å². The van der Waals surface area contributed by atoms with E-state index in [0.29, 0.717) is 34.6 Å². The molecule has 3 rings (SSSR count). The van der Waals surface area contributed by atoms with Crippen molar-refractivity contribution in [3.63, 3.8) is 0 Å². The Balaban J connectivity index is 1.65. The van der Waals surface area contributed by atoms with E-state index in [1.165, 1.54) is 13.1 Å². The van der Waals surface area contributed by atoms with Crippen LogP contribution in [0.3, 0.4) is 0 Å². The fourth-order valence-electron chi connectivity index (χ4n) is 2.61. The SMILES string of the molecule is CC(=O)c1ccc(C#N)c(NCc2ccc(NC(=O)c3cccnc3)cc2)c1. The Kier molecular flexibility index (Phi) is 5.78. The second-order valence-corrected chi connectivity index (χ2v) is 6.17. The number of amides is 1. The summed E-state index contributed by atoms with van der Waals surface area (Å²) in [6.07, 6.45) is 3.12. The van der Waals surface area contributed by atoms with Crippen molar-refractivity contribution in [2.75, 3.05) is 10.6 Å². The van der Waals surface area contributed by atoms with Gasteiger partial charge in [0.25, 0.3) is 5.91 Å². The van der Waals surface area contributed by atoms with Crippen LogP contribution >= 0.6 is 0 Å². The van der Waals surface area contributed by atoms with Gasteiger partial charge in [0, 0.05) is 30.2 Å². The zero-order valence-corrected chi connectivity index (χ0v) is 15.3. The minimum atomic E-state index is -0.223. The summed E-state index contributed by atoms with van der Waals surface area (Å²) in [6, 6.07) is 17.9. The van der Waals surface area contributed by atoms with Gasteiger partial charge in [-0.3, -0.25) is 14.6 Å². The molecule has 0 aliphatic rings. The van der Waals surface area contributed by atoms with Crippen LogP contribution in [0.1, 0.15) is 38.8 Å². The Hall–Kier alpha value is -3.98. The lowest BCUT2D eigenvalue weighted by atomic mass is 10.1. The first-order chi connectivity index (χ1) is 13.6. The summed E-state index contributed by atoms with van der Waals surface area (Å²) >= 11 is 0. The molecule has 0 saturated heterocycles. The average Bonchev–Trinajstić information content (AvgIpc) is 2.73. The molecule has 1 aromatic heterocycles. The van der Waals surface area contributed by atoms with Gasteiger partial charge in [0.1, 0.15) is 6.07 Å². The molecule has 138 valence electrons. The number of carbonyl (C=O) groups is 2. The van der Waals surface area contributed by atoms with E-state index in [9.17, 15) is 14.9 Å². The first kappa shape index (κ1) is 18.8. The van der Waals surface area contributed by atoms with Crippen LogP contribution in [0.25, 0.3) is 0 Å². The van der Waals surface area contributed by atoms with Crippen LogP contribution in [0.4, 0.5) is 11.4 Å². The molecule has 0 radical (unpaired) electrons. The van der Waals surface area contributed by atoms with E-state index in [0.717, 1.165) is 5.56 Å². The molecule has 1 heterocycles. The molecule has 0 aliphatic carbocycles. The third-order valence-electron chi connectivity index (χ3n) is 4.17. The van der Waals surface area contributed by atoms with Crippen molar-refractivity contribution in [2.45, 2.75) is 13.5 Å². The van der Waals surface area contributed by atoms with Gasteiger partial charge >= 0.3 is 0 Å². The quantitative estimate of drug-likeness (QED) is 0.639. The highest BCUT2D eigenvalue weighted by Crippen LogP contribution is 2.19. The van der Waals surface area contributed by atoms with Crippen molar-refractivity contribution in [2.24, 2.45) is 0 Å². The van der Waals surface area contributed by atoms with Gasteiger partial charge in [-0.05, 0) is 55.0 Å². The van der Waals surface area contributed by atoms with Gasteiger partial charge in [-0.1, -0.05) is 12.1 Å². The first-order valence-corrected chi connectivity index (χ1v) is 8.66. The lowest BCUT2D eigenvalue weighted by Crippen LogP contribution is -2.12. The topological polar surface area (TPSA) is 94.9 Å². The van der Waals surface area contributed by atoms with E-state index in [-0.39, 0.29) is 11.7 Å². The summed E-state index contributed by atoms with van der Waals surface area (Å²) < 4.78 is 0. The monoisotopic (exact) mass is 370 g/mol. The number of carbonyl (C=O) groups excluding carboxylic acids is 2. The summed E-state index contributed by atoms with van der Waals surface area (Å²) in [7, 11) is 0. The molecule has 1 amide bonds. The summed E-state index contributed by atoms with van der Waals surface area (Å²) in [5.41, 5.74) is 3.78. The van der Waals surface area contributed by atoms with Gasteiger partial charge < -0.3 is 10.6 Å². The number of aromatic nitrogens is 1. The molecule has 6 nitrogen and oxygen atoms in total. The standard InChI is InChI=1S/C22H18N4O2/c1-15(27)17-6-7-18(12-23)21(11-17)25-13-16-4-8-20(9-5-16)26-22(28)19-3-2-10-24-14-19/h2-11,14,25H,13H2,1H3,(H,26,28). The Morgan fingerprint density at radius 2 is 1.86 bits per heavy atom. The molecule has 0 aliphatic heterocycles. The maximum absolute atomic E-state index is 12.1. The maximum atomic E-state index is 12.1. The largest absolute Gasteiger partial charge is 0.380 e. The number of rotatable bonds is 6. The summed E-state index contributed by atoms with van der Waals surface area (Å²) in [6.45, 7) is 1.97. The lowest BCUT2D eigenvalue weighted by molar-refractivity contribution is 0.101. The zero-order chi connectivity index (χ0) is 19.9. The predicted octanol–water partition coefficient (Wildman–Crippen LogP) is 4.02. The first-order valence-electron chi connectivity index (χ1n) is 8.66. The van der Waals surface area contributed by atoms with Gasteiger partial charge in [-0.15, -0.1) is 0 Å². The summed E-state index contributed by atoms with van der Waals surface area (Å²) in [5.74, 6) is -0.278. The molecule has 0 atom stereocenters. The molecule has 2 N–H and O–H groups in total. The van der Waals surface area contributed by atoms with Crippen LogP contribution in [0, 0.1) is 11.3 Å². The zero-order valence-electron chi connectivity index (χ0n) is 15.3. The highest BCUT2D eigenvalue weighted by atomic mass is 16.1. The van der Waals surface area contributed by atoms with Crippen LogP contribution in [-0.2, 0) is 6.54 Å². The Morgan fingerprint density at radius 3 is 2.50 bits per heavy atom. The van der Waals surface area contributed by atoms with Crippen LogP contribution in [-0.4, -0.2) is 16.7 Å². The predicted molar refractivity (Wildman–Crippen MR) is 107 cm³/mol. The smallest absolute Gasteiger partial charge is 0.257 e. The van der Waals surface area contributed by atoms with Crippen molar-refractivity contribution >= 4 is 23.1 Å². The lowest BCUT2D eigenvalue weighted by Gasteiger charge is -2.11. The number of nitriles is 1. The van der Waals surface area contributed by atoms with Gasteiger partial charge in [-0.2, -0.15) is 5.26 Å². The molecular formula is C22H18N4O2. The van der Waals surface area contributed by atoms with Crippen LogP contribution in [0.15, 0.2) is 67.0 Å². The molecule has 6 heteroatoms. The van der Waals surface area contributed by atoms with E-state index < -0.39 is 0 Å². The molecule has 0 fully saturated rings. The van der Waals surface area contributed by atoms with Crippen molar-refractivity contribution in [1.82, 2.24) is 4.98 Å². The number of hydrogen-bond acceptors (Lipinski definition) is 5. The average molecular weight is 370 g/mol. The minimum absolute atomic E-state index is 0.0544. The minimum Gasteiger partial charge on any atom is -0.380 e.